The van der Waals surface area contributed by atoms with E-state index in [9.17, 15) is 18.8 Å². The predicted molar refractivity (Wildman–Crippen MR) is 122 cm³/mol. The third-order valence-corrected chi connectivity index (χ3v) is 5.86. The van der Waals surface area contributed by atoms with Gasteiger partial charge in [-0.1, -0.05) is 11.6 Å². The van der Waals surface area contributed by atoms with Gasteiger partial charge < -0.3 is 20.5 Å². The standard InChI is InChI=1S/C24H26ClFN2O5/c25-20-14-17(26)7-12-21(20)28-24(32)27-13-1-2-22(29)15-3-8-18(9-4-15)33-19-10-5-16(6-11-19)23(30)31/h3-4,7-9,12,14,16,19H,1-2,5-6,10-11,13H2,(H,30,31)(H2,27,28,32). The third kappa shape index (κ3) is 7.46. The Kier molecular flexibility index (Phi) is 8.65. The summed E-state index contributed by atoms with van der Waals surface area (Å²) >= 11 is 5.87. The molecule has 1 aliphatic rings. The number of carbonyl (C=O) groups is 3. The largest absolute Gasteiger partial charge is 0.490 e. The van der Waals surface area contributed by atoms with Gasteiger partial charge in [-0.15, -0.1) is 0 Å². The summed E-state index contributed by atoms with van der Waals surface area (Å²) in [6, 6.07) is 10.1. The second-order valence-corrected chi connectivity index (χ2v) is 8.39. The highest BCUT2D eigenvalue weighted by atomic mass is 35.5. The van der Waals surface area contributed by atoms with Gasteiger partial charge in [-0.2, -0.15) is 0 Å². The average Bonchev–Trinajstić information content (AvgIpc) is 2.79. The van der Waals surface area contributed by atoms with Gasteiger partial charge in [0.25, 0.3) is 0 Å². The molecule has 0 unspecified atom stereocenters. The maximum atomic E-state index is 13.0. The number of carboxylic acids is 1. The number of amides is 2. The summed E-state index contributed by atoms with van der Waals surface area (Å²) in [6.45, 7) is 0.288. The lowest BCUT2D eigenvalue weighted by Crippen LogP contribution is -2.29. The van der Waals surface area contributed by atoms with Crippen molar-refractivity contribution < 1.29 is 28.6 Å². The fourth-order valence-corrected chi connectivity index (χ4v) is 3.91. The van der Waals surface area contributed by atoms with E-state index < -0.39 is 17.8 Å². The van der Waals surface area contributed by atoms with E-state index in [4.69, 9.17) is 21.4 Å². The van der Waals surface area contributed by atoms with Gasteiger partial charge in [0.05, 0.1) is 22.7 Å². The first-order valence-electron chi connectivity index (χ1n) is 10.8. The lowest BCUT2D eigenvalue weighted by molar-refractivity contribution is -0.143. The Bertz CT molecular complexity index is 991. The lowest BCUT2D eigenvalue weighted by Gasteiger charge is -2.26. The average molecular weight is 477 g/mol. The minimum atomic E-state index is -0.746. The lowest BCUT2D eigenvalue weighted by atomic mass is 9.87. The molecule has 1 aliphatic carbocycles. The number of Topliss-reactive ketones (excluding diaryl/α,β-unsaturated/α-hetero) is 1. The van der Waals surface area contributed by atoms with Gasteiger partial charge in [0.15, 0.2) is 5.78 Å². The molecule has 3 N–H and O–H groups in total. The smallest absolute Gasteiger partial charge is 0.319 e. The molecule has 7 nitrogen and oxygen atoms in total. The van der Waals surface area contributed by atoms with Crippen molar-refractivity contribution in [3.8, 4) is 5.75 Å². The molecule has 2 aromatic carbocycles. The molecule has 1 fully saturated rings. The van der Waals surface area contributed by atoms with Gasteiger partial charge in [0.1, 0.15) is 11.6 Å². The van der Waals surface area contributed by atoms with Crippen LogP contribution in [0, 0.1) is 11.7 Å². The van der Waals surface area contributed by atoms with Crippen LogP contribution in [0.25, 0.3) is 0 Å². The van der Waals surface area contributed by atoms with Crippen LogP contribution in [-0.4, -0.2) is 35.5 Å². The molecule has 3 rings (SSSR count). The number of hydrogen-bond donors (Lipinski definition) is 3. The Labute approximate surface area is 196 Å². The molecule has 0 atom stereocenters. The molecule has 1 saturated carbocycles. The number of benzene rings is 2. The fraction of sp³-hybridized carbons (Fsp3) is 0.375. The second kappa shape index (κ2) is 11.7. The number of carboxylic acid groups (broad SMARTS) is 1. The number of halogens is 2. The third-order valence-electron chi connectivity index (χ3n) is 5.55. The van der Waals surface area contributed by atoms with Crippen LogP contribution in [-0.2, 0) is 4.79 Å². The Morgan fingerprint density at radius 1 is 1.06 bits per heavy atom. The highest BCUT2D eigenvalue weighted by Gasteiger charge is 2.26. The minimum absolute atomic E-state index is 0.0100. The fourth-order valence-electron chi connectivity index (χ4n) is 3.69. The van der Waals surface area contributed by atoms with Crippen LogP contribution in [0.1, 0.15) is 48.9 Å². The van der Waals surface area contributed by atoms with E-state index in [1.165, 1.54) is 12.1 Å². The summed E-state index contributed by atoms with van der Waals surface area (Å²) in [5.41, 5.74) is 0.850. The normalized spacial score (nSPS) is 17.8. The summed E-state index contributed by atoms with van der Waals surface area (Å²) in [5.74, 6) is -0.919. The van der Waals surface area contributed by atoms with Gasteiger partial charge in [-0.3, -0.25) is 9.59 Å². The van der Waals surface area contributed by atoms with Crippen LogP contribution in [0.2, 0.25) is 5.02 Å². The highest BCUT2D eigenvalue weighted by Crippen LogP contribution is 2.28. The molecule has 2 aromatic rings. The van der Waals surface area contributed by atoms with E-state index in [1.54, 1.807) is 24.3 Å². The van der Waals surface area contributed by atoms with Crippen LogP contribution in [0.3, 0.4) is 0 Å². The Hall–Kier alpha value is -3.13. The van der Waals surface area contributed by atoms with E-state index in [0.717, 1.165) is 6.07 Å². The summed E-state index contributed by atoms with van der Waals surface area (Å²) in [5, 5.41) is 14.3. The first-order valence-corrected chi connectivity index (χ1v) is 11.2. The molecule has 0 aromatic heterocycles. The van der Waals surface area contributed by atoms with Crippen molar-refractivity contribution in [1.29, 1.82) is 0 Å². The number of hydrogen-bond acceptors (Lipinski definition) is 4. The van der Waals surface area contributed by atoms with Crippen molar-refractivity contribution in [1.82, 2.24) is 5.32 Å². The van der Waals surface area contributed by atoms with Crippen LogP contribution in [0.4, 0.5) is 14.9 Å². The SMILES string of the molecule is O=C(NCCCC(=O)c1ccc(OC2CCC(C(=O)O)CC2)cc1)Nc1ccc(F)cc1Cl. The molecule has 0 saturated heterocycles. The maximum absolute atomic E-state index is 13.0. The maximum Gasteiger partial charge on any atom is 0.319 e. The van der Waals surface area contributed by atoms with Crippen molar-refractivity contribution in [3.05, 3.63) is 58.9 Å². The Morgan fingerprint density at radius 3 is 2.39 bits per heavy atom. The van der Waals surface area contributed by atoms with E-state index >= 15 is 0 Å². The summed E-state index contributed by atoms with van der Waals surface area (Å²) < 4.78 is 19.0. The summed E-state index contributed by atoms with van der Waals surface area (Å²) in [6.07, 6.45) is 3.33. The molecule has 0 heterocycles. The minimum Gasteiger partial charge on any atom is -0.490 e. The molecule has 9 heteroatoms. The number of ether oxygens (including phenoxy) is 1. The van der Waals surface area contributed by atoms with Gasteiger partial charge in [0.2, 0.25) is 0 Å². The van der Waals surface area contributed by atoms with Crippen molar-refractivity contribution in [2.75, 3.05) is 11.9 Å². The molecule has 0 bridgehead atoms. The molecular formula is C24H26ClFN2O5. The van der Waals surface area contributed by atoms with E-state index in [0.29, 0.717) is 49.1 Å². The number of nitrogens with one attached hydrogen (secondary N) is 2. The van der Waals surface area contributed by atoms with Crippen molar-refractivity contribution in [3.63, 3.8) is 0 Å². The Morgan fingerprint density at radius 2 is 1.76 bits per heavy atom. The number of rotatable bonds is 9. The van der Waals surface area contributed by atoms with Gasteiger partial charge in [0, 0.05) is 18.5 Å². The highest BCUT2D eigenvalue weighted by molar-refractivity contribution is 6.33. The van der Waals surface area contributed by atoms with Gasteiger partial charge in [-0.25, -0.2) is 9.18 Å². The number of carbonyl (C=O) groups excluding carboxylic acids is 2. The summed E-state index contributed by atoms with van der Waals surface area (Å²) in [7, 11) is 0. The molecule has 176 valence electrons. The topological polar surface area (TPSA) is 105 Å². The number of aliphatic carboxylic acids is 1. The van der Waals surface area contributed by atoms with E-state index in [2.05, 4.69) is 10.6 Å². The number of ketones is 1. The van der Waals surface area contributed by atoms with Crippen molar-refractivity contribution >= 4 is 35.1 Å². The van der Waals surface area contributed by atoms with Gasteiger partial charge >= 0.3 is 12.0 Å². The molecule has 0 spiro atoms. The molecule has 33 heavy (non-hydrogen) atoms. The van der Waals surface area contributed by atoms with Crippen molar-refractivity contribution in [2.24, 2.45) is 5.92 Å². The van der Waals surface area contributed by atoms with Crippen LogP contribution < -0.4 is 15.4 Å². The van der Waals surface area contributed by atoms with E-state index in [1.807, 2.05) is 0 Å². The number of urea groups is 1. The quantitative estimate of drug-likeness (QED) is 0.337. The zero-order valence-electron chi connectivity index (χ0n) is 18.0. The van der Waals surface area contributed by atoms with Crippen LogP contribution >= 0.6 is 11.6 Å². The monoisotopic (exact) mass is 476 g/mol. The van der Waals surface area contributed by atoms with Crippen LogP contribution in [0.15, 0.2) is 42.5 Å². The number of anilines is 1. The Balaban J connectivity index is 1.36. The van der Waals surface area contributed by atoms with E-state index in [-0.39, 0.29) is 35.8 Å². The predicted octanol–water partition coefficient (Wildman–Crippen LogP) is 5.29. The second-order valence-electron chi connectivity index (χ2n) is 7.99. The van der Waals surface area contributed by atoms with Crippen LogP contribution in [0.5, 0.6) is 5.75 Å². The molecular weight excluding hydrogens is 451 g/mol. The zero-order valence-corrected chi connectivity index (χ0v) is 18.7. The molecule has 0 radical (unpaired) electrons. The first kappa shape index (κ1) is 24.5. The zero-order chi connectivity index (χ0) is 23.8. The van der Waals surface area contributed by atoms with Crippen molar-refractivity contribution in [2.45, 2.75) is 44.6 Å². The summed E-state index contributed by atoms with van der Waals surface area (Å²) in [4.78, 5) is 35.3. The molecule has 2 amide bonds. The first-order chi connectivity index (χ1) is 15.8. The molecule has 0 aliphatic heterocycles. The van der Waals surface area contributed by atoms with Gasteiger partial charge in [-0.05, 0) is 74.6 Å².